The SMILES string of the molecule is COc1cc2c(cc1OCCCN1CCC[C@@H]1CO)NCN(c1cccc(F)c1)C2=Nc1cc(CC(N)=O)[nH]n1. The highest BCUT2D eigenvalue weighted by Crippen LogP contribution is 2.38. The van der Waals surface area contributed by atoms with Crippen LogP contribution in [0.2, 0.25) is 0 Å². The van der Waals surface area contributed by atoms with Crippen LogP contribution in [0.5, 0.6) is 11.5 Å². The predicted molar refractivity (Wildman–Crippen MR) is 150 cm³/mol. The van der Waals surface area contributed by atoms with Crippen molar-refractivity contribution in [1.29, 1.82) is 0 Å². The Kier molecular flexibility index (Phi) is 8.46. The number of aliphatic imine (C=N–C) groups is 1. The Hall–Kier alpha value is -4.16. The number of amides is 1. The molecule has 2 aliphatic rings. The number of methoxy groups -OCH3 is 1. The van der Waals surface area contributed by atoms with Gasteiger partial charge in [0, 0.05) is 41.7 Å². The number of nitrogens with zero attached hydrogens (tertiary/aromatic N) is 4. The van der Waals surface area contributed by atoms with Crippen molar-refractivity contribution in [1.82, 2.24) is 15.1 Å². The van der Waals surface area contributed by atoms with E-state index in [-0.39, 0.29) is 24.9 Å². The second-order valence-electron chi connectivity index (χ2n) is 9.84. The molecule has 1 saturated heterocycles. The molecular formula is C28H34FN7O4. The largest absolute Gasteiger partial charge is 0.493 e. The number of nitrogens with two attached hydrogens (primary N) is 1. The Morgan fingerprint density at radius 2 is 2.15 bits per heavy atom. The van der Waals surface area contributed by atoms with E-state index >= 15 is 0 Å². The number of halogens is 1. The zero-order valence-electron chi connectivity index (χ0n) is 22.4. The van der Waals surface area contributed by atoms with Crippen molar-refractivity contribution >= 4 is 28.9 Å². The van der Waals surface area contributed by atoms with Crippen molar-refractivity contribution in [3.05, 3.63) is 59.5 Å². The van der Waals surface area contributed by atoms with Crippen molar-refractivity contribution in [3.63, 3.8) is 0 Å². The van der Waals surface area contributed by atoms with Crippen molar-refractivity contribution < 1.29 is 23.8 Å². The quantitative estimate of drug-likeness (QED) is 0.267. The Labute approximate surface area is 231 Å². The van der Waals surface area contributed by atoms with Gasteiger partial charge in [-0.3, -0.25) is 14.8 Å². The Bertz CT molecular complexity index is 1380. The second-order valence-corrected chi connectivity index (χ2v) is 9.84. The fourth-order valence-electron chi connectivity index (χ4n) is 5.17. The molecule has 5 N–H and O–H groups in total. The number of nitrogens with one attached hydrogen (secondary N) is 2. The summed E-state index contributed by atoms with van der Waals surface area (Å²) in [6, 6.07) is 11.9. The molecule has 1 atom stereocenters. The van der Waals surface area contributed by atoms with Crippen LogP contribution in [-0.2, 0) is 11.2 Å². The van der Waals surface area contributed by atoms with E-state index in [2.05, 4.69) is 20.4 Å². The Morgan fingerprint density at radius 3 is 2.92 bits per heavy atom. The number of H-pyrrole nitrogens is 1. The molecule has 5 rings (SSSR count). The van der Waals surface area contributed by atoms with E-state index in [9.17, 15) is 14.3 Å². The lowest BCUT2D eigenvalue weighted by Crippen LogP contribution is -2.40. The molecule has 11 nitrogen and oxygen atoms in total. The highest BCUT2D eigenvalue weighted by molar-refractivity contribution is 6.16. The summed E-state index contributed by atoms with van der Waals surface area (Å²) in [6.45, 7) is 2.86. The average molecular weight is 552 g/mol. The molecule has 12 heteroatoms. The molecule has 2 aliphatic heterocycles. The Morgan fingerprint density at radius 1 is 1.27 bits per heavy atom. The number of carbonyl (C=O) groups is 1. The highest BCUT2D eigenvalue weighted by Gasteiger charge is 2.27. The minimum absolute atomic E-state index is 0.0105. The number of aliphatic hydroxyl groups is 1. The van der Waals surface area contributed by atoms with E-state index in [1.165, 1.54) is 12.1 Å². The number of aliphatic hydroxyl groups excluding tert-OH is 1. The molecule has 3 heterocycles. The number of hydrogen-bond acceptors (Lipinski definition) is 8. The molecule has 3 aromatic rings. The van der Waals surface area contributed by atoms with Crippen LogP contribution in [-0.4, -0.2) is 78.1 Å². The van der Waals surface area contributed by atoms with Crippen molar-refractivity contribution in [2.45, 2.75) is 31.7 Å². The topological polar surface area (TPSA) is 141 Å². The van der Waals surface area contributed by atoms with Crippen molar-refractivity contribution in [2.24, 2.45) is 10.7 Å². The van der Waals surface area contributed by atoms with Crippen LogP contribution in [0.15, 0.2) is 47.5 Å². The summed E-state index contributed by atoms with van der Waals surface area (Å²) < 4.78 is 26.0. The smallest absolute Gasteiger partial charge is 0.223 e. The van der Waals surface area contributed by atoms with Crippen LogP contribution in [0, 0.1) is 5.82 Å². The van der Waals surface area contributed by atoms with Gasteiger partial charge < -0.3 is 30.5 Å². The van der Waals surface area contributed by atoms with E-state index in [0.717, 1.165) is 38.0 Å². The molecule has 1 fully saturated rings. The number of likely N-dealkylation sites (tertiary alicyclic amines) is 1. The number of aromatic amines is 1. The second kappa shape index (κ2) is 12.3. The third-order valence-electron chi connectivity index (χ3n) is 7.11. The maximum absolute atomic E-state index is 14.2. The first-order chi connectivity index (χ1) is 19.4. The number of amidine groups is 1. The number of hydrogen-bond donors (Lipinski definition) is 4. The summed E-state index contributed by atoms with van der Waals surface area (Å²) in [5.74, 6) is 1.14. The van der Waals surface area contributed by atoms with Gasteiger partial charge in [-0.05, 0) is 50.1 Å². The molecule has 0 bridgehead atoms. The molecule has 0 radical (unpaired) electrons. The standard InChI is InChI=1S/C28H34FN7O4/c1-39-24-14-22-23(15-25(24)40-10-4-9-35-8-3-7-21(35)16-37)31-17-36(20-6-2-5-18(29)11-20)28(22)32-27-13-19(33-34-27)12-26(30)38/h2,5-6,11,13-15,21,31,37H,3-4,7-10,12,16-17H2,1H3,(H2,30,38)(H,33,34)/t21-/m1/s1. The predicted octanol–water partition coefficient (Wildman–Crippen LogP) is 2.78. The summed E-state index contributed by atoms with van der Waals surface area (Å²) >= 11 is 0. The number of anilines is 2. The lowest BCUT2D eigenvalue weighted by molar-refractivity contribution is -0.117. The van der Waals surface area contributed by atoms with Gasteiger partial charge in [-0.25, -0.2) is 9.38 Å². The van der Waals surface area contributed by atoms with Gasteiger partial charge in [0.2, 0.25) is 5.91 Å². The first-order valence-corrected chi connectivity index (χ1v) is 13.3. The monoisotopic (exact) mass is 551 g/mol. The summed E-state index contributed by atoms with van der Waals surface area (Å²) in [5, 5.41) is 19.9. The maximum Gasteiger partial charge on any atom is 0.223 e. The minimum atomic E-state index is -0.484. The van der Waals surface area contributed by atoms with Gasteiger partial charge in [0.15, 0.2) is 17.3 Å². The van der Waals surface area contributed by atoms with E-state index in [1.54, 1.807) is 25.3 Å². The van der Waals surface area contributed by atoms with Gasteiger partial charge in [-0.1, -0.05) is 6.07 Å². The minimum Gasteiger partial charge on any atom is -0.493 e. The van der Waals surface area contributed by atoms with Crippen LogP contribution in [0.3, 0.4) is 0 Å². The first kappa shape index (κ1) is 27.4. The van der Waals surface area contributed by atoms with E-state index in [1.807, 2.05) is 17.0 Å². The van der Waals surface area contributed by atoms with Gasteiger partial charge >= 0.3 is 0 Å². The van der Waals surface area contributed by atoms with Gasteiger partial charge in [-0.15, -0.1) is 0 Å². The fraction of sp³-hybridized carbons (Fsp3) is 0.393. The summed E-state index contributed by atoms with van der Waals surface area (Å²) in [5.41, 5.74) is 7.94. The van der Waals surface area contributed by atoms with Gasteiger partial charge in [0.05, 0.1) is 39.1 Å². The van der Waals surface area contributed by atoms with Crippen molar-refractivity contribution in [2.75, 3.05) is 50.3 Å². The normalized spacial score (nSPS) is 18.0. The van der Waals surface area contributed by atoms with Gasteiger partial charge in [0.25, 0.3) is 0 Å². The summed E-state index contributed by atoms with van der Waals surface area (Å²) in [7, 11) is 1.58. The molecule has 1 aromatic heterocycles. The third kappa shape index (κ3) is 6.18. The first-order valence-electron chi connectivity index (χ1n) is 13.3. The molecule has 0 saturated carbocycles. The molecule has 0 unspecified atom stereocenters. The van der Waals surface area contributed by atoms with E-state index in [4.69, 9.17) is 20.2 Å². The number of fused-ring (bicyclic) bond motifs is 1. The average Bonchev–Trinajstić information content (AvgIpc) is 3.59. The van der Waals surface area contributed by atoms with Crippen molar-refractivity contribution in [3.8, 4) is 11.5 Å². The molecule has 0 spiro atoms. The molecule has 0 aliphatic carbocycles. The number of primary amides is 1. The molecular weight excluding hydrogens is 517 g/mol. The lowest BCUT2D eigenvalue weighted by atomic mass is 10.1. The highest BCUT2D eigenvalue weighted by atomic mass is 19.1. The van der Waals surface area contributed by atoms with Crippen LogP contribution < -0.4 is 25.4 Å². The van der Waals surface area contributed by atoms with Gasteiger partial charge in [-0.2, -0.15) is 5.10 Å². The van der Waals surface area contributed by atoms with E-state index < -0.39 is 5.91 Å². The number of aromatic nitrogens is 2. The fourth-order valence-corrected chi connectivity index (χ4v) is 5.17. The molecule has 212 valence electrons. The van der Waals surface area contributed by atoms with Crippen LogP contribution in [0.25, 0.3) is 0 Å². The lowest BCUT2D eigenvalue weighted by Gasteiger charge is -2.33. The van der Waals surface area contributed by atoms with Gasteiger partial charge in [0.1, 0.15) is 11.7 Å². The maximum atomic E-state index is 14.2. The number of rotatable bonds is 11. The zero-order chi connectivity index (χ0) is 28.1. The molecule has 2 aromatic carbocycles. The summed E-state index contributed by atoms with van der Waals surface area (Å²) in [4.78, 5) is 20.3. The van der Waals surface area contributed by atoms with Crippen LogP contribution >= 0.6 is 0 Å². The van der Waals surface area contributed by atoms with E-state index in [0.29, 0.717) is 53.4 Å². The Balaban J connectivity index is 1.42. The van der Waals surface area contributed by atoms with Crippen LogP contribution in [0.4, 0.5) is 21.6 Å². The third-order valence-corrected chi connectivity index (χ3v) is 7.11. The number of ether oxygens (including phenoxy) is 2. The number of benzene rings is 2. The zero-order valence-corrected chi connectivity index (χ0v) is 22.4. The number of carbonyl (C=O) groups excluding carboxylic acids is 1. The van der Waals surface area contributed by atoms with Crippen LogP contribution in [0.1, 0.15) is 30.5 Å². The summed E-state index contributed by atoms with van der Waals surface area (Å²) in [6.07, 6.45) is 2.97. The molecule has 1 amide bonds. The molecule has 40 heavy (non-hydrogen) atoms.